The van der Waals surface area contributed by atoms with Crippen molar-refractivity contribution in [2.24, 2.45) is 0 Å². The van der Waals surface area contributed by atoms with Crippen molar-refractivity contribution < 1.29 is 4.79 Å². The molecule has 0 spiro atoms. The lowest BCUT2D eigenvalue weighted by Gasteiger charge is -2.08. The van der Waals surface area contributed by atoms with Crippen molar-refractivity contribution in [2.45, 2.75) is 20.4 Å². The van der Waals surface area contributed by atoms with Crippen LogP contribution in [0.3, 0.4) is 0 Å². The first-order valence-corrected chi connectivity index (χ1v) is 9.05. The zero-order chi connectivity index (χ0) is 17.8. The van der Waals surface area contributed by atoms with Crippen LogP contribution in [0.2, 0.25) is 5.02 Å². The van der Waals surface area contributed by atoms with Crippen molar-refractivity contribution in [1.29, 1.82) is 0 Å². The highest BCUT2D eigenvalue weighted by atomic mass is 35.5. The van der Waals surface area contributed by atoms with Crippen molar-refractivity contribution in [2.75, 3.05) is 5.32 Å². The number of rotatable bonds is 4. The molecule has 6 heteroatoms. The lowest BCUT2D eigenvalue weighted by molar-refractivity contribution is 0.252. The Kier molecular flexibility index (Phi) is 5.36. The number of aryl methyl sites for hydroxylation is 2. The van der Waals surface area contributed by atoms with Gasteiger partial charge in [-0.05, 0) is 31.5 Å². The molecular formula is C19H18ClN3OS. The summed E-state index contributed by atoms with van der Waals surface area (Å²) in [4.78, 5) is 17.8. The molecule has 0 fully saturated rings. The largest absolute Gasteiger partial charge is 0.333 e. The molecule has 0 aliphatic carbocycles. The SMILES string of the molecule is Cc1ccccc1-c1nc(C)c(CNC(=O)Nc2ccccc2Cl)s1. The number of urea groups is 1. The molecule has 0 radical (unpaired) electrons. The number of nitrogens with zero attached hydrogens (tertiary/aromatic N) is 1. The van der Waals surface area contributed by atoms with E-state index >= 15 is 0 Å². The Morgan fingerprint density at radius 2 is 1.84 bits per heavy atom. The fourth-order valence-electron chi connectivity index (χ4n) is 2.41. The molecule has 0 atom stereocenters. The molecule has 0 saturated carbocycles. The highest BCUT2D eigenvalue weighted by Crippen LogP contribution is 2.30. The van der Waals surface area contributed by atoms with Gasteiger partial charge in [0.05, 0.1) is 22.9 Å². The molecular weight excluding hydrogens is 354 g/mol. The summed E-state index contributed by atoms with van der Waals surface area (Å²) in [6, 6.07) is 15.0. The standard InChI is InChI=1S/C19H18ClN3OS/c1-12-7-3-4-8-14(12)18-22-13(2)17(25-18)11-21-19(24)23-16-10-6-5-9-15(16)20/h3-10H,11H2,1-2H3,(H2,21,23,24). The number of carbonyl (C=O) groups excluding carboxylic acids is 1. The van der Waals surface area contributed by atoms with E-state index in [-0.39, 0.29) is 6.03 Å². The van der Waals surface area contributed by atoms with E-state index in [4.69, 9.17) is 11.6 Å². The van der Waals surface area contributed by atoms with E-state index in [1.165, 1.54) is 5.56 Å². The summed E-state index contributed by atoms with van der Waals surface area (Å²) in [5.74, 6) is 0. The third-order valence-corrected chi connectivity index (χ3v) is 5.32. The molecule has 3 aromatic rings. The zero-order valence-corrected chi connectivity index (χ0v) is 15.5. The predicted octanol–water partition coefficient (Wildman–Crippen LogP) is 5.40. The Hall–Kier alpha value is -2.37. The van der Waals surface area contributed by atoms with Crippen LogP contribution in [0, 0.1) is 13.8 Å². The number of benzene rings is 2. The molecule has 2 aromatic carbocycles. The third kappa shape index (κ3) is 4.18. The van der Waals surface area contributed by atoms with E-state index in [2.05, 4.69) is 34.7 Å². The topological polar surface area (TPSA) is 54.0 Å². The van der Waals surface area contributed by atoms with Crippen LogP contribution >= 0.6 is 22.9 Å². The minimum atomic E-state index is -0.293. The predicted molar refractivity (Wildman–Crippen MR) is 104 cm³/mol. The first-order chi connectivity index (χ1) is 12.0. The summed E-state index contributed by atoms with van der Waals surface area (Å²) in [5.41, 5.74) is 3.83. The van der Waals surface area contributed by atoms with Crippen molar-refractivity contribution in [3.63, 3.8) is 0 Å². The van der Waals surface area contributed by atoms with Gasteiger partial charge in [0, 0.05) is 10.4 Å². The van der Waals surface area contributed by atoms with E-state index < -0.39 is 0 Å². The van der Waals surface area contributed by atoms with Gasteiger partial charge in [-0.25, -0.2) is 9.78 Å². The second-order valence-electron chi connectivity index (χ2n) is 5.63. The summed E-state index contributed by atoms with van der Waals surface area (Å²) in [7, 11) is 0. The first kappa shape index (κ1) is 17.5. The molecule has 0 unspecified atom stereocenters. The van der Waals surface area contributed by atoms with Crippen LogP contribution in [0.1, 0.15) is 16.1 Å². The van der Waals surface area contributed by atoms with Crippen molar-refractivity contribution >= 4 is 34.7 Å². The normalized spacial score (nSPS) is 10.5. The van der Waals surface area contributed by atoms with Gasteiger partial charge in [-0.15, -0.1) is 11.3 Å². The van der Waals surface area contributed by atoms with Gasteiger partial charge in [-0.1, -0.05) is 48.0 Å². The lowest BCUT2D eigenvalue weighted by Crippen LogP contribution is -2.28. The lowest BCUT2D eigenvalue weighted by atomic mass is 10.1. The molecule has 0 saturated heterocycles. The van der Waals surface area contributed by atoms with Gasteiger partial charge < -0.3 is 10.6 Å². The molecule has 2 N–H and O–H groups in total. The molecule has 3 rings (SSSR count). The fourth-order valence-corrected chi connectivity index (χ4v) is 3.69. The maximum atomic E-state index is 12.1. The zero-order valence-electron chi connectivity index (χ0n) is 14.0. The minimum Gasteiger partial charge on any atom is -0.333 e. The summed E-state index contributed by atoms with van der Waals surface area (Å²) < 4.78 is 0. The molecule has 2 amide bonds. The Bertz CT molecular complexity index is 907. The van der Waals surface area contributed by atoms with Crippen molar-refractivity contribution in [3.05, 3.63) is 69.7 Å². The average Bonchev–Trinajstić information content (AvgIpc) is 2.96. The number of nitrogens with one attached hydrogen (secondary N) is 2. The number of anilines is 1. The summed E-state index contributed by atoms with van der Waals surface area (Å²) >= 11 is 7.64. The first-order valence-electron chi connectivity index (χ1n) is 7.86. The highest BCUT2D eigenvalue weighted by molar-refractivity contribution is 7.15. The number of para-hydroxylation sites is 1. The smallest absolute Gasteiger partial charge is 0.319 e. The van der Waals surface area contributed by atoms with Crippen LogP contribution in [0.25, 0.3) is 10.6 Å². The van der Waals surface area contributed by atoms with Crippen LogP contribution in [0.5, 0.6) is 0 Å². The molecule has 128 valence electrons. The van der Waals surface area contributed by atoms with Gasteiger partial charge in [0.25, 0.3) is 0 Å². The fraction of sp³-hybridized carbons (Fsp3) is 0.158. The quantitative estimate of drug-likeness (QED) is 0.644. The third-order valence-electron chi connectivity index (χ3n) is 3.80. The molecule has 0 aliphatic rings. The summed E-state index contributed by atoms with van der Waals surface area (Å²) in [6.45, 7) is 4.45. The number of carbonyl (C=O) groups is 1. The molecule has 1 aromatic heterocycles. The highest BCUT2D eigenvalue weighted by Gasteiger charge is 2.12. The maximum absolute atomic E-state index is 12.1. The van der Waals surface area contributed by atoms with Gasteiger partial charge in [0.2, 0.25) is 0 Å². The monoisotopic (exact) mass is 371 g/mol. The molecule has 4 nitrogen and oxygen atoms in total. The van der Waals surface area contributed by atoms with Crippen LogP contribution < -0.4 is 10.6 Å². The minimum absolute atomic E-state index is 0.293. The van der Waals surface area contributed by atoms with Crippen LogP contribution in [-0.2, 0) is 6.54 Å². The van der Waals surface area contributed by atoms with Crippen LogP contribution in [0.4, 0.5) is 10.5 Å². The van der Waals surface area contributed by atoms with E-state index in [1.54, 1.807) is 23.5 Å². The second kappa shape index (κ2) is 7.68. The van der Waals surface area contributed by atoms with Crippen molar-refractivity contribution in [3.8, 4) is 10.6 Å². The number of aromatic nitrogens is 1. The van der Waals surface area contributed by atoms with E-state index in [1.807, 2.05) is 31.2 Å². The van der Waals surface area contributed by atoms with Gasteiger partial charge in [-0.3, -0.25) is 0 Å². The number of thiazole rings is 1. The number of hydrogen-bond donors (Lipinski definition) is 2. The van der Waals surface area contributed by atoms with Gasteiger partial charge in [-0.2, -0.15) is 0 Å². The number of halogens is 1. The molecule has 1 heterocycles. The molecule has 0 bridgehead atoms. The van der Waals surface area contributed by atoms with E-state index in [0.717, 1.165) is 21.1 Å². The Morgan fingerprint density at radius 1 is 1.12 bits per heavy atom. The Morgan fingerprint density at radius 3 is 2.60 bits per heavy atom. The molecule has 25 heavy (non-hydrogen) atoms. The summed E-state index contributed by atoms with van der Waals surface area (Å²) in [6.07, 6.45) is 0. The number of amides is 2. The number of hydrogen-bond acceptors (Lipinski definition) is 3. The average molecular weight is 372 g/mol. The van der Waals surface area contributed by atoms with E-state index in [9.17, 15) is 4.79 Å². The summed E-state index contributed by atoms with van der Waals surface area (Å²) in [5, 5.41) is 7.09. The maximum Gasteiger partial charge on any atom is 0.319 e. The van der Waals surface area contributed by atoms with Crippen molar-refractivity contribution in [1.82, 2.24) is 10.3 Å². The van der Waals surface area contributed by atoms with Crippen LogP contribution in [-0.4, -0.2) is 11.0 Å². The van der Waals surface area contributed by atoms with Crippen LogP contribution in [0.15, 0.2) is 48.5 Å². The van der Waals surface area contributed by atoms with Gasteiger partial charge in [0.1, 0.15) is 5.01 Å². The molecule has 0 aliphatic heterocycles. The Labute approximate surface area is 155 Å². The van der Waals surface area contributed by atoms with Gasteiger partial charge >= 0.3 is 6.03 Å². The second-order valence-corrected chi connectivity index (χ2v) is 7.12. The van der Waals surface area contributed by atoms with E-state index in [0.29, 0.717) is 17.3 Å². The Balaban J connectivity index is 1.67. The van der Waals surface area contributed by atoms with Gasteiger partial charge in [0.15, 0.2) is 0 Å².